The van der Waals surface area contributed by atoms with Crippen molar-refractivity contribution in [1.82, 2.24) is 0 Å². The summed E-state index contributed by atoms with van der Waals surface area (Å²) in [5.41, 5.74) is 8.49. The van der Waals surface area contributed by atoms with Gasteiger partial charge in [0.15, 0.2) is 0 Å². The summed E-state index contributed by atoms with van der Waals surface area (Å²) in [6.07, 6.45) is 0. The molecule has 2 heteroatoms. The van der Waals surface area contributed by atoms with E-state index in [1.165, 1.54) is 59.8 Å². The molecule has 11 rings (SSSR count). The summed E-state index contributed by atoms with van der Waals surface area (Å²) in [5, 5.41) is 14.3. The molecule has 2 heterocycles. The number of fused-ring (bicyclic) bond motifs is 13. The Balaban J connectivity index is 1.22. The van der Waals surface area contributed by atoms with E-state index >= 15 is 0 Å². The van der Waals surface area contributed by atoms with E-state index in [0.29, 0.717) is 0 Å². The molecule has 0 bridgehead atoms. The first-order valence-electron chi connectivity index (χ1n) is 16.4. The maximum absolute atomic E-state index is 6.57. The van der Waals surface area contributed by atoms with Crippen LogP contribution in [0.25, 0.3) is 109 Å². The van der Waals surface area contributed by atoms with Crippen molar-refractivity contribution in [3.8, 4) is 22.3 Å². The fourth-order valence-electron chi connectivity index (χ4n) is 8.19. The molecule has 222 valence electrons. The molecule has 0 aliphatic heterocycles. The van der Waals surface area contributed by atoms with Gasteiger partial charge in [-0.1, -0.05) is 121 Å². The van der Waals surface area contributed by atoms with Crippen molar-refractivity contribution in [2.75, 3.05) is 0 Å². The van der Waals surface area contributed by atoms with Crippen LogP contribution in [0.5, 0.6) is 0 Å². The molecule has 11 aromatic rings. The lowest BCUT2D eigenvalue weighted by Crippen LogP contribution is -1.91. The van der Waals surface area contributed by atoms with Crippen molar-refractivity contribution in [2.45, 2.75) is 0 Å². The number of rotatable bonds is 2. The smallest absolute Gasteiger partial charge is 0.143 e. The van der Waals surface area contributed by atoms with Gasteiger partial charge in [-0.25, -0.2) is 0 Å². The molecule has 0 aliphatic rings. The first-order chi connectivity index (χ1) is 23.8. The highest BCUT2D eigenvalue weighted by molar-refractivity contribution is 6.31. The van der Waals surface area contributed by atoms with Crippen LogP contribution < -0.4 is 0 Å². The number of benzene rings is 9. The molecule has 48 heavy (non-hydrogen) atoms. The molecule has 2 nitrogen and oxygen atoms in total. The van der Waals surface area contributed by atoms with Crippen molar-refractivity contribution >= 4 is 87.0 Å². The van der Waals surface area contributed by atoms with Gasteiger partial charge in [0.2, 0.25) is 0 Å². The second kappa shape index (κ2) is 9.57. The van der Waals surface area contributed by atoms with Gasteiger partial charge in [-0.2, -0.15) is 0 Å². The van der Waals surface area contributed by atoms with Gasteiger partial charge in [0.1, 0.15) is 22.3 Å². The van der Waals surface area contributed by atoms with Gasteiger partial charge in [-0.3, -0.25) is 0 Å². The lowest BCUT2D eigenvalue weighted by Gasteiger charge is -2.18. The van der Waals surface area contributed by atoms with Crippen molar-refractivity contribution in [2.24, 2.45) is 0 Å². The minimum absolute atomic E-state index is 0.907. The Hall–Kier alpha value is -6.38. The number of para-hydroxylation sites is 2. The second-order valence-electron chi connectivity index (χ2n) is 12.8. The Morgan fingerprint density at radius 2 is 0.729 bits per heavy atom. The zero-order valence-corrected chi connectivity index (χ0v) is 25.8. The van der Waals surface area contributed by atoms with E-state index in [2.05, 4.69) is 140 Å². The quantitative estimate of drug-likeness (QED) is 0.144. The molecule has 0 atom stereocenters. The predicted molar refractivity (Wildman–Crippen MR) is 202 cm³/mol. The maximum atomic E-state index is 6.57. The summed E-state index contributed by atoms with van der Waals surface area (Å²) in [6.45, 7) is 0. The van der Waals surface area contributed by atoms with Crippen LogP contribution in [0.3, 0.4) is 0 Å². The van der Waals surface area contributed by atoms with E-state index in [9.17, 15) is 0 Å². The number of furan rings is 2. The van der Waals surface area contributed by atoms with Gasteiger partial charge in [0, 0.05) is 26.9 Å². The standard InChI is InChI=1S/C46H26O2/c1-2-13-32-29(11-1)39-25-27(22-24-37(39)46-45(32)38-18-8-10-20-41(38)48-46)43-33-14-3-5-16-35(33)44(36-17-6-4-15-34(36)43)28-21-23-31-30-12-7-9-19-40(30)47-42(31)26-28/h1-26H. The fourth-order valence-corrected chi connectivity index (χ4v) is 8.19. The first kappa shape index (κ1) is 25.8. The van der Waals surface area contributed by atoms with Crippen molar-refractivity contribution in [3.63, 3.8) is 0 Å². The van der Waals surface area contributed by atoms with E-state index in [1.54, 1.807) is 0 Å². The Kier molecular flexibility index (Phi) is 5.14. The largest absolute Gasteiger partial charge is 0.456 e. The highest BCUT2D eigenvalue weighted by Crippen LogP contribution is 2.47. The SMILES string of the molecule is c1ccc2c(c1)oc1cc(-c3c4ccccc4c(-c4ccc5c(c4)c4ccccc4c4c6ccccc6oc54)c4ccccc34)ccc12. The van der Waals surface area contributed by atoms with Gasteiger partial charge >= 0.3 is 0 Å². The fraction of sp³-hybridized carbons (Fsp3) is 0. The third-order valence-electron chi connectivity index (χ3n) is 10.2. The molecular weight excluding hydrogens is 585 g/mol. The molecular formula is C46H26O2. The highest BCUT2D eigenvalue weighted by atomic mass is 16.3. The number of hydrogen-bond acceptors (Lipinski definition) is 2. The Morgan fingerprint density at radius 3 is 1.38 bits per heavy atom. The first-order valence-corrected chi connectivity index (χ1v) is 16.4. The van der Waals surface area contributed by atoms with Crippen LogP contribution in [0.4, 0.5) is 0 Å². The van der Waals surface area contributed by atoms with Crippen LogP contribution in [0.15, 0.2) is 167 Å². The van der Waals surface area contributed by atoms with E-state index < -0.39 is 0 Å². The van der Waals surface area contributed by atoms with E-state index in [4.69, 9.17) is 8.83 Å². The third kappa shape index (κ3) is 3.46. The molecule has 0 saturated carbocycles. The molecule has 0 N–H and O–H groups in total. The minimum atomic E-state index is 0.907. The van der Waals surface area contributed by atoms with Crippen LogP contribution in [0.2, 0.25) is 0 Å². The highest BCUT2D eigenvalue weighted by Gasteiger charge is 2.20. The summed E-state index contributed by atoms with van der Waals surface area (Å²) in [5.74, 6) is 0. The lowest BCUT2D eigenvalue weighted by molar-refractivity contribution is 0.669. The summed E-state index contributed by atoms with van der Waals surface area (Å²) in [6, 6.07) is 56.6. The average molecular weight is 611 g/mol. The Morgan fingerprint density at radius 1 is 0.271 bits per heavy atom. The van der Waals surface area contributed by atoms with E-state index in [0.717, 1.165) is 49.4 Å². The van der Waals surface area contributed by atoms with Crippen LogP contribution in [0.1, 0.15) is 0 Å². The zero-order chi connectivity index (χ0) is 31.3. The molecule has 0 radical (unpaired) electrons. The Labute approximate surface area is 275 Å². The molecule has 0 fully saturated rings. The van der Waals surface area contributed by atoms with Crippen molar-refractivity contribution in [1.29, 1.82) is 0 Å². The van der Waals surface area contributed by atoms with Crippen LogP contribution in [-0.2, 0) is 0 Å². The topological polar surface area (TPSA) is 26.3 Å². The van der Waals surface area contributed by atoms with Crippen LogP contribution in [-0.4, -0.2) is 0 Å². The normalized spacial score (nSPS) is 12.2. The third-order valence-corrected chi connectivity index (χ3v) is 10.2. The summed E-state index contributed by atoms with van der Waals surface area (Å²) in [7, 11) is 0. The molecule has 2 aromatic heterocycles. The predicted octanol–water partition coefficient (Wildman–Crippen LogP) is 13.4. The van der Waals surface area contributed by atoms with Crippen molar-refractivity contribution in [3.05, 3.63) is 158 Å². The Bertz CT molecular complexity index is 3060. The lowest BCUT2D eigenvalue weighted by atomic mass is 9.85. The van der Waals surface area contributed by atoms with Gasteiger partial charge < -0.3 is 8.83 Å². The summed E-state index contributed by atoms with van der Waals surface area (Å²) < 4.78 is 12.9. The summed E-state index contributed by atoms with van der Waals surface area (Å²) in [4.78, 5) is 0. The van der Waals surface area contributed by atoms with Gasteiger partial charge in [0.05, 0.1) is 0 Å². The van der Waals surface area contributed by atoms with Gasteiger partial charge in [-0.15, -0.1) is 0 Å². The van der Waals surface area contributed by atoms with Gasteiger partial charge in [0.25, 0.3) is 0 Å². The van der Waals surface area contributed by atoms with Gasteiger partial charge in [-0.05, 0) is 96.4 Å². The number of hydrogen-bond donors (Lipinski definition) is 0. The van der Waals surface area contributed by atoms with Crippen LogP contribution in [0, 0.1) is 0 Å². The maximum Gasteiger partial charge on any atom is 0.143 e. The van der Waals surface area contributed by atoms with E-state index in [1.807, 2.05) is 18.2 Å². The molecule has 0 amide bonds. The molecule has 9 aromatic carbocycles. The molecule has 0 unspecified atom stereocenters. The average Bonchev–Trinajstić information content (AvgIpc) is 3.72. The molecule has 0 aliphatic carbocycles. The second-order valence-corrected chi connectivity index (χ2v) is 12.8. The van der Waals surface area contributed by atoms with Crippen molar-refractivity contribution < 1.29 is 8.83 Å². The monoisotopic (exact) mass is 610 g/mol. The summed E-state index contributed by atoms with van der Waals surface area (Å²) >= 11 is 0. The molecule has 0 spiro atoms. The van der Waals surface area contributed by atoms with Crippen LogP contribution >= 0.6 is 0 Å². The zero-order valence-electron chi connectivity index (χ0n) is 25.8. The molecule has 0 saturated heterocycles. The minimum Gasteiger partial charge on any atom is -0.456 e. The van der Waals surface area contributed by atoms with E-state index in [-0.39, 0.29) is 0 Å².